The standard InChI is InChI=1S/C13H12BrN3/c1-3-8-4-10(14)5-11-12(16-2)9(6-15)7-17-13(8)11/h4-5,7H,3H2,1-2H3,(H,16,17). The fourth-order valence-corrected chi connectivity index (χ4v) is 2.47. The summed E-state index contributed by atoms with van der Waals surface area (Å²) in [7, 11) is 1.82. The van der Waals surface area contributed by atoms with E-state index in [0.29, 0.717) is 5.56 Å². The van der Waals surface area contributed by atoms with Crippen LogP contribution in [0, 0.1) is 11.3 Å². The van der Waals surface area contributed by atoms with E-state index in [2.05, 4.69) is 45.3 Å². The van der Waals surface area contributed by atoms with Crippen LogP contribution in [0.1, 0.15) is 18.1 Å². The third-order valence-corrected chi connectivity index (χ3v) is 3.22. The average Bonchev–Trinajstić information content (AvgIpc) is 2.36. The van der Waals surface area contributed by atoms with Crippen molar-refractivity contribution in [2.24, 2.45) is 0 Å². The molecule has 0 atom stereocenters. The summed E-state index contributed by atoms with van der Waals surface area (Å²) in [6.07, 6.45) is 2.54. The van der Waals surface area contributed by atoms with E-state index in [1.54, 1.807) is 6.20 Å². The molecule has 0 aliphatic carbocycles. The largest absolute Gasteiger partial charge is 0.386 e. The summed E-state index contributed by atoms with van der Waals surface area (Å²) in [6.45, 7) is 2.10. The van der Waals surface area contributed by atoms with Gasteiger partial charge in [0.1, 0.15) is 6.07 Å². The molecule has 1 aromatic carbocycles. The summed E-state index contributed by atoms with van der Waals surface area (Å²) in [4.78, 5) is 4.39. The van der Waals surface area contributed by atoms with Crippen LogP contribution in [0.3, 0.4) is 0 Å². The number of halogens is 1. The molecule has 0 aliphatic rings. The Morgan fingerprint density at radius 2 is 2.24 bits per heavy atom. The Morgan fingerprint density at radius 3 is 2.82 bits per heavy atom. The number of pyridine rings is 1. The first-order chi connectivity index (χ1) is 8.21. The van der Waals surface area contributed by atoms with Crippen molar-refractivity contribution in [1.82, 2.24) is 4.98 Å². The number of nitriles is 1. The van der Waals surface area contributed by atoms with E-state index < -0.39 is 0 Å². The second-order valence-corrected chi connectivity index (χ2v) is 4.64. The molecule has 0 saturated heterocycles. The lowest BCUT2D eigenvalue weighted by molar-refractivity contribution is 1.14. The molecule has 1 aromatic heterocycles. The van der Waals surface area contributed by atoms with Crippen molar-refractivity contribution in [3.8, 4) is 6.07 Å². The van der Waals surface area contributed by atoms with Crippen molar-refractivity contribution >= 4 is 32.5 Å². The van der Waals surface area contributed by atoms with Crippen molar-refractivity contribution in [1.29, 1.82) is 5.26 Å². The molecule has 0 unspecified atom stereocenters. The van der Waals surface area contributed by atoms with Crippen molar-refractivity contribution in [3.63, 3.8) is 0 Å². The van der Waals surface area contributed by atoms with Gasteiger partial charge in [0.2, 0.25) is 0 Å². The zero-order valence-electron chi connectivity index (χ0n) is 9.71. The lowest BCUT2D eigenvalue weighted by Gasteiger charge is -2.10. The highest BCUT2D eigenvalue weighted by Crippen LogP contribution is 2.30. The minimum atomic E-state index is 0.570. The molecule has 0 radical (unpaired) electrons. The number of anilines is 1. The van der Waals surface area contributed by atoms with Crippen molar-refractivity contribution in [2.45, 2.75) is 13.3 Å². The molecule has 0 spiro atoms. The van der Waals surface area contributed by atoms with Gasteiger partial charge in [-0.25, -0.2) is 0 Å². The van der Waals surface area contributed by atoms with Gasteiger partial charge in [-0.05, 0) is 24.1 Å². The van der Waals surface area contributed by atoms with Gasteiger partial charge in [-0.2, -0.15) is 5.26 Å². The van der Waals surface area contributed by atoms with Crippen molar-refractivity contribution < 1.29 is 0 Å². The molecule has 0 bridgehead atoms. The van der Waals surface area contributed by atoms with Crippen LogP contribution in [-0.4, -0.2) is 12.0 Å². The number of aromatic nitrogens is 1. The van der Waals surface area contributed by atoms with E-state index in [1.807, 2.05) is 13.1 Å². The quantitative estimate of drug-likeness (QED) is 0.921. The number of nitrogens with zero attached hydrogens (tertiary/aromatic N) is 2. The molecule has 17 heavy (non-hydrogen) atoms. The molecule has 1 N–H and O–H groups in total. The lowest BCUT2D eigenvalue weighted by Crippen LogP contribution is -1.97. The molecule has 0 aliphatic heterocycles. The summed E-state index contributed by atoms with van der Waals surface area (Å²) in [5.74, 6) is 0. The van der Waals surface area contributed by atoms with Crippen LogP contribution < -0.4 is 5.32 Å². The monoisotopic (exact) mass is 289 g/mol. The van der Waals surface area contributed by atoms with Crippen LogP contribution in [0.15, 0.2) is 22.8 Å². The van der Waals surface area contributed by atoms with Crippen LogP contribution >= 0.6 is 15.9 Å². The van der Waals surface area contributed by atoms with E-state index in [-0.39, 0.29) is 0 Å². The second-order valence-electron chi connectivity index (χ2n) is 3.72. The van der Waals surface area contributed by atoms with Gasteiger partial charge < -0.3 is 5.32 Å². The smallest absolute Gasteiger partial charge is 0.103 e. The first-order valence-electron chi connectivity index (χ1n) is 5.40. The number of hydrogen-bond donors (Lipinski definition) is 1. The Kier molecular flexibility index (Phi) is 3.30. The summed E-state index contributed by atoms with van der Waals surface area (Å²) >= 11 is 3.50. The number of rotatable bonds is 2. The first kappa shape index (κ1) is 11.9. The third-order valence-electron chi connectivity index (χ3n) is 2.77. The summed E-state index contributed by atoms with van der Waals surface area (Å²) in [6, 6.07) is 6.22. The maximum atomic E-state index is 9.06. The average molecular weight is 290 g/mol. The van der Waals surface area contributed by atoms with Crippen molar-refractivity contribution in [3.05, 3.63) is 33.9 Å². The number of fused-ring (bicyclic) bond motifs is 1. The van der Waals surface area contributed by atoms with Crippen LogP contribution in [0.4, 0.5) is 5.69 Å². The Balaban J connectivity index is 2.90. The minimum Gasteiger partial charge on any atom is -0.386 e. The van der Waals surface area contributed by atoms with E-state index >= 15 is 0 Å². The molecule has 4 heteroatoms. The molecule has 3 nitrogen and oxygen atoms in total. The Hall–Kier alpha value is -1.60. The van der Waals surface area contributed by atoms with Gasteiger partial charge in [-0.1, -0.05) is 22.9 Å². The summed E-state index contributed by atoms with van der Waals surface area (Å²) in [5, 5.41) is 13.1. The number of hydrogen-bond acceptors (Lipinski definition) is 3. The lowest BCUT2D eigenvalue weighted by atomic mass is 10.0. The normalized spacial score (nSPS) is 10.2. The molecule has 1 heterocycles. The van der Waals surface area contributed by atoms with Crippen LogP contribution in [-0.2, 0) is 6.42 Å². The molecule has 0 fully saturated rings. The fourth-order valence-electron chi connectivity index (χ4n) is 1.96. The Bertz CT molecular complexity index is 614. The highest BCUT2D eigenvalue weighted by Gasteiger charge is 2.10. The third kappa shape index (κ3) is 1.98. The second kappa shape index (κ2) is 4.72. The summed E-state index contributed by atoms with van der Waals surface area (Å²) in [5.41, 5.74) is 3.54. The maximum Gasteiger partial charge on any atom is 0.103 e. The van der Waals surface area contributed by atoms with Crippen LogP contribution in [0.25, 0.3) is 10.9 Å². The van der Waals surface area contributed by atoms with Gasteiger partial charge in [-0.15, -0.1) is 0 Å². The van der Waals surface area contributed by atoms with E-state index in [0.717, 1.165) is 27.5 Å². The van der Waals surface area contributed by atoms with E-state index in [4.69, 9.17) is 5.26 Å². The SMILES string of the molecule is CCc1cc(Br)cc2c(NC)c(C#N)cnc12. The first-order valence-corrected chi connectivity index (χ1v) is 6.19. The zero-order chi connectivity index (χ0) is 12.4. The highest BCUT2D eigenvalue weighted by molar-refractivity contribution is 9.10. The highest BCUT2D eigenvalue weighted by atomic mass is 79.9. The molecule has 2 aromatic rings. The van der Waals surface area contributed by atoms with Gasteiger partial charge in [0, 0.05) is 23.1 Å². The van der Waals surface area contributed by atoms with E-state index in [1.165, 1.54) is 5.56 Å². The number of nitrogens with one attached hydrogen (secondary N) is 1. The van der Waals surface area contributed by atoms with Crippen LogP contribution in [0.5, 0.6) is 0 Å². The maximum absolute atomic E-state index is 9.06. The Morgan fingerprint density at radius 1 is 1.47 bits per heavy atom. The zero-order valence-corrected chi connectivity index (χ0v) is 11.3. The van der Waals surface area contributed by atoms with Crippen LogP contribution in [0.2, 0.25) is 0 Å². The molecule has 0 amide bonds. The van der Waals surface area contributed by atoms with Gasteiger partial charge in [0.05, 0.1) is 16.8 Å². The molecular weight excluding hydrogens is 278 g/mol. The molecular formula is C13H12BrN3. The van der Waals surface area contributed by atoms with Gasteiger partial charge >= 0.3 is 0 Å². The van der Waals surface area contributed by atoms with Gasteiger partial charge in [0.25, 0.3) is 0 Å². The minimum absolute atomic E-state index is 0.570. The number of benzene rings is 1. The predicted octanol–water partition coefficient (Wildman–Crippen LogP) is 3.47. The molecule has 86 valence electrons. The van der Waals surface area contributed by atoms with Gasteiger partial charge in [-0.3, -0.25) is 4.98 Å². The topological polar surface area (TPSA) is 48.7 Å². The molecule has 2 rings (SSSR count). The molecule has 0 saturated carbocycles. The predicted molar refractivity (Wildman–Crippen MR) is 73.1 cm³/mol. The van der Waals surface area contributed by atoms with E-state index in [9.17, 15) is 0 Å². The number of aryl methyl sites for hydroxylation is 1. The fraction of sp³-hybridized carbons (Fsp3) is 0.231. The Labute approximate surface area is 109 Å². The van der Waals surface area contributed by atoms with Gasteiger partial charge in [0.15, 0.2) is 0 Å². The summed E-state index contributed by atoms with van der Waals surface area (Å²) < 4.78 is 1.01. The van der Waals surface area contributed by atoms with Crippen molar-refractivity contribution in [2.75, 3.05) is 12.4 Å².